The Morgan fingerprint density at radius 3 is 2.53 bits per heavy atom. The average molecular weight is 418 g/mol. The fourth-order valence-corrected chi connectivity index (χ4v) is 4.58. The van der Waals surface area contributed by atoms with E-state index < -0.39 is 0 Å². The second kappa shape index (κ2) is 8.71. The van der Waals surface area contributed by atoms with E-state index in [2.05, 4.69) is 10.3 Å². The van der Waals surface area contributed by atoms with Crippen LogP contribution in [0.5, 0.6) is 0 Å². The lowest BCUT2D eigenvalue weighted by atomic mass is 10.1. The molecule has 1 aromatic heterocycles. The van der Waals surface area contributed by atoms with Gasteiger partial charge in [-0.3, -0.25) is 9.59 Å². The van der Waals surface area contributed by atoms with Crippen LogP contribution in [0.25, 0.3) is 0 Å². The van der Waals surface area contributed by atoms with Crippen molar-refractivity contribution in [2.24, 2.45) is 0 Å². The number of amides is 2. The molecule has 0 saturated heterocycles. The summed E-state index contributed by atoms with van der Waals surface area (Å²) < 4.78 is 0. The van der Waals surface area contributed by atoms with Crippen molar-refractivity contribution >= 4 is 29.3 Å². The minimum absolute atomic E-state index is 0.0749. The molecule has 0 saturated carbocycles. The number of nitrogens with one attached hydrogen (secondary N) is 1. The quantitative estimate of drug-likeness (QED) is 0.674. The molecule has 30 heavy (non-hydrogen) atoms. The van der Waals surface area contributed by atoms with E-state index in [1.165, 1.54) is 11.8 Å². The van der Waals surface area contributed by atoms with Crippen LogP contribution in [0.2, 0.25) is 0 Å². The number of fused-ring (bicyclic) bond motifs is 1. The molecule has 0 fully saturated rings. The molecule has 5 nitrogen and oxygen atoms in total. The number of hydrogen-bond acceptors (Lipinski definition) is 4. The third-order valence-corrected chi connectivity index (χ3v) is 5.98. The second-order valence-corrected chi connectivity index (χ2v) is 8.33. The van der Waals surface area contributed by atoms with Crippen molar-refractivity contribution in [3.63, 3.8) is 0 Å². The second-order valence-electron chi connectivity index (χ2n) is 7.37. The zero-order chi connectivity index (χ0) is 21.1. The van der Waals surface area contributed by atoms with Gasteiger partial charge in [0.1, 0.15) is 5.03 Å². The molecule has 2 aromatic carbocycles. The molecular formula is C24H23N3O2S. The highest BCUT2D eigenvalue weighted by Gasteiger charge is 2.27. The monoisotopic (exact) mass is 417 g/mol. The lowest BCUT2D eigenvalue weighted by Crippen LogP contribution is -2.35. The van der Waals surface area contributed by atoms with E-state index in [0.29, 0.717) is 24.4 Å². The molecule has 3 aromatic rings. The van der Waals surface area contributed by atoms with Gasteiger partial charge in [0.2, 0.25) is 5.91 Å². The van der Waals surface area contributed by atoms with Crippen LogP contribution < -0.4 is 10.2 Å². The van der Waals surface area contributed by atoms with Crippen LogP contribution in [-0.2, 0) is 17.9 Å². The summed E-state index contributed by atoms with van der Waals surface area (Å²) in [6, 6.07) is 19.2. The van der Waals surface area contributed by atoms with Crippen molar-refractivity contribution in [3.8, 4) is 0 Å². The molecule has 1 N–H and O–H groups in total. The van der Waals surface area contributed by atoms with E-state index in [0.717, 1.165) is 33.1 Å². The van der Waals surface area contributed by atoms with Gasteiger partial charge in [-0.15, -0.1) is 0 Å². The van der Waals surface area contributed by atoms with E-state index in [-0.39, 0.29) is 11.8 Å². The first kappa shape index (κ1) is 20.2. The Balaban J connectivity index is 1.46. The highest BCUT2D eigenvalue weighted by Crippen LogP contribution is 2.37. The number of hydrogen-bond donors (Lipinski definition) is 1. The number of aryl methyl sites for hydroxylation is 2. The summed E-state index contributed by atoms with van der Waals surface area (Å²) in [6.07, 6.45) is 0. The summed E-state index contributed by atoms with van der Waals surface area (Å²) in [5, 5.41) is 3.84. The highest BCUT2D eigenvalue weighted by molar-refractivity contribution is 8.00. The van der Waals surface area contributed by atoms with Crippen LogP contribution in [0.3, 0.4) is 0 Å². The molecule has 0 spiro atoms. The first-order chi connectivity index (χ1) is 14.5. The number of thioether (sulfide) groups is 1. The standard InChI is InChI=1S/C24H23N3O2S/c1-16-12-17(2)26-24-22(16)27(21(28)15-30-24)14-19-8-10-20(11-9-19)23(29)25-13-18-6-4-3-5-7-18/h3-12H,13-15H2,1-2H3,(H,25,29). The Morgan fingerprint density at radius 2 is 1.80 bits per heavy atom. The zero-order valence-corrected chi connectivity index (χ0v) is 17.8. The summed E-state index contributed by atoms with van der Waals surface area (Å²) in [4.78, 5) is 31.4. The Morgan fingerprint density at radius 1 is 1.07 bits per heavy atom. The number of rotatable bonds is 5. The number of carbonyl (C=O) groups excluding carboxylic acids is 2. The molecule has 2 amide bonds. The maximum Gasteiger partial charge on any atom is 0.251 e. The van der Waals surface area contributed by atoms with E-state index in [1.807, 2.05) is 62.4 Å². The van der Waals surface area contributed by atoms with Gasteiger partial charge in [0.05, 0.1) is 18.0 Å². The first-order valence-corrected chi connectivity index (χ1v) is 10.8. The summed E-state index contributed by atoms with van der Waals surface area (Å²) in [5.74, 6) is 0.353. The van der Waals surface area contributed by atoms with Gasteiger partial charge in [-0.05, 0) is 48.7 Å². The molecule has 2 heterocycles. The van der Waals surface area contributed by atoms with Crippen LogP contribution in [-0.4, -0.2) is 22.6 Å². The van der Waals surface area contributed by atoms with Crippen molar-refractivity contribution in [1.29, 1.82) is 0 Å². The summed E-state index contributed by atoms with van der Waals surface area (Å²) in [5.41, 5.74) is 5.53. The lowest BCUT2D eigenvalue weighted by Gasteiger charge is -2.30. The Kier molecular flexibility index (Phi) is 5.86. The van der Waals surface area contributed by atoms with Crippen molar-refractivity contribution in [1.82, 2.24) is 10.3 Å². The minimum Gasteiger partial charge on any atom is -0.348 e. The van der Waals surface area contributed by atoms with E-state index in [4.69, 9.17) is 0 Å². The van der Waals surface area contributed by atoms with Crippen molar-refractivity contribution in [3.05, 3.63) is 88.6 Å². The van der Waals surface area contributed by atoms with Crippen LogP contribution in [0, 0.1) is 13.8 Å². The topological polar surface area (TPSA) is 62.3 Å². The molecule has 4 rings (SSSR count). The molecule has 6 heteroatoms. The van der Waals surface area contributed by atoms with E-state index in [1.54, 1.807) is 17.0 Å². The predicted octanol–water partition coefficient (Wildman–Crippen LogP) is 4.27. The fourth-order valence-electron chi connectivity index (χ4n) is 3.55. The summed E-state index contributed by atoms with van der Waals surface area (Å²) in [7, 11) is 0. The number of pyridine rings is 1. The van der Waals surface area contributed by atoms with Gasteiger partial charge in [0.15, 0.2) is 0 Å². The van der Waals surface area contributed by atoms with Crippen LogP contribution in [0.1, 0.15) is 32.7 Å². The van der Waals surface area contributed by atoms with Crippen LogP contribution >= 0.6 is 11.8 Å². The molecule has 0 aliphatic carbocycles. The molecule has 0 bridgehead atoms. The third kappa shape index (κ3) is 4.39. The number of benzene rings is 2. The fraction of sp³-hybridized carbons (Fsp3) is 0.208. The average Bonchev–Trinajstić information content (AvgIpc) is 2.75. The van der Waals surface area contributed by atoms with Gasteiger partial charge in [0, 0.05) is 17.8 Å². The van der Waals surface area contributed by atoms with Gasteiger partial charge in [-0.2, -0.15) is 0 Å². The molecule has 1 aliphatic heterocycles. The minimum atomic E-state index is -0.114. The van der Waals surface area contributed by atoms with Gasteiger partial charge < -0.3 is 10.2 Å². The van der Waals surface area contributed by atoms with Crippen molar-refractivity contribution in [2.75, 3.05) is 10.7 Å². The Bertz CT molecular complexity index is 1080. The van der Waals surface area contributed by atoms with Crippen LogP contribution in [0.15, 0.2) is 65.7 Å². The summed E-state index contributed by atoms with van der Waals surface area (Å²) >= 11 is 1.49. The van der Waals surface area contributed by atoms with Crippen molar-refractivity contribution < 1.29 is 9.59 Å². The maximum absolute atomic E-state index is 12.6. The Labute approximate surface area is 180 Å². The number of aromatic nitrogens is 1. The smallest absolute Gasteiger partial charge is 0.251 e. The molecule has 0 radical (unpaired) electrons. The zero-order valence-electron chi connectivity index (χ0n) is 17.0. The molecule has 152 valence electrons. The molecular weight excluding hydrogens is 394 g/mol. The van der Waals surface area contributed by atoms with Gasteiger partial charge >= 0.3 is 0 Å². The normalized spacial score (nSPS) is 13.1. The molecule has 1 aliphatic rings. The largest absolute Gasteiger partial charge is 0.348 e. The van der Waals surface area contributed by atoms with Crippen molar-refractivity contribution in [2.45, 2.75) is 32.0 Å². The third-order valence-electron chi connectivity index (χ3n) is 5.04. The Hall–Kier alpha value is -3.12. The van der Waals surface area contributed by atoms with E-state index in [9.17, 15) is 9.59 Å². The van der Waals surface area contributed by atoms with Crippen LogP contribution in [0.4, 0.5) is 5.69 Å². The van der Waals surface area contributed by atoms with Gasteiger partial charge in [-0.1, -0.05) is 54.2 Å². The lowest BCUT2D eigenvalue weighted by molar-refractivity contribution is -0.116. The number of carbonyl (C=O) groups is 2. The van der Waals surface area contributed by atoms with E-state index >= 15 is 0 Å². The SMILES string of the molecule is Cc1cc(C)c2c(n1)SCC(=O)N2Cc1ccc(C(=O)NCc2ccccc2)cc1. The molecule has 0 unspecified atom stereocenters. The summed E-state index contributed by atoms with van der Waals surface area (Å²) in [6.45, 7) is 4.93. The number of nitrogens with zero attached hydrogens (tertiary/aromatic N) is 2. The maximum atomic E-state index is 12.6. The highest BCUT2D eigenvalue weighted by atomic mass is 32.2. The molecule has 0 atom stereocenters. The predicted molar refractivity (Wildman–Crippen MR) is 120 cm³/mol. The van der Waals surface area contributed by atoms with Gasteiger partial charge in [0.25, 0.3) is 5.91 Å². The number of anilines is 1. The first-order valence-electron chi connectivity index (χ1n) is 9.84. The van der Waals surface area contributed by atoms with Gasteiger partial charge in [-0.25, -0.2) is 4.98 Å².